The number of ether oxygens (including phenoxy) is 1. The Hall–Kier alpha value is -2.86. The summed E-state index contributed by atoms with van der Waals surface area (Å²) < 4.78 is 5.63. The number of likely N-dealkylation sites (N-methyl/N-ethyl adjacent to an activating group) is 1. The van der Waals surface area contributed by atoms with Crippen LogP contribution in [0.1, 0.15) is 30.1 Å². The van der Waals surface area contributed by atoms with Crippen LogP contribution in [0.15, 0.2) is 48.5 Å². The molecular formula is C23H30N3O3+. The van der Waals surface area contributed by atoms with Crippen molar-refractivity contribution < 1.29 is 19.2 Å². The molecular weight excluding hydrogens is 366 g/mol. The lowest BCUT2D eigenvalue weighted by Crippen LogP contribution is -3.12. The number of anilines is 2. The molecule has 1 amide bonds. The largest absolute Gasteiger partial charge is 0.494 e. The molecule has 1 aliphatic heterocycles. The second-order valence-corrected chi connectivity index (χ2v) is 7.57. The molecule has 3 rings (SSSR count). The van der Waals surface area contributed by atoms with E-state index in [0.29, 0.717) is 30.8 Å². The number of piperazine rings is 1. The van der Waals surface area contributed by atoms with E-state index in [2.05, 4.69) is 29.4 Å². The average molecular weight is 397 g/mol. The van der Waals surface area contributed by atoms with Gasteiger partial charge in [-0.1, -0.05) is 0 Å². The van der Waals surface area contributed by atoms with Gasteiger partial charge in [-0.15, -0.1) is 0 Å². The number of benzene rings is 2. The number of hydrogen-bond donors (Lipinski definition) is 2. The monoisotopic (exact) mass is 396 g/mol. The number of hydrogen-bond acceptors (Lipinski definition) is 4. The van der Waals surface area contributed by atoms with Crippen molar-refractivity contribution >= 4 is 23.1 Å². The van der Waals surface area contributed by atoms with Crippen LogP contribution in [-0.2, 0) is 4.79 Å². The lowest BCUT2D eigenvalue weighted by atomic mass is 10.1. The van der Waals surface area contributed by atoms with Crippen LogP contribution in [0.3, 0.4) is 0 Å². The summed E-state index contributed by atoms with van der Waals surface area (Å²) in [5, 5.41) is 2.94. The lowest BCUT2D eigenvalue weighted by molar-refractivity contribution is -0.880. The number of amides is 1. The minimum absolute atomic E-state index is 0.0172. The number of quaternary nitrogens is 1. The Bertz CT molecular complexity index is 810. The van der Waals surface area contributed by atoms with Gasteiger partial charge in [0.05, 0.1) is 39.8 Å². The summed E-state index contributed by atoms with van der Waals surface area (Å²) in [6.45, 7) is 6.43. The molecule has 0 radical (unpaired) electrons. The molecule has 0 bridgehead atoms. The van der Waals surface area contributed by atoms with Gasteiger partial charge < -0.3 is 19.9 Å². The fourth-order valence-electron chi connectivity index (χ4n) is 3.33. The molecule has 0 atom stereocenters. The molecule has 0 aromatic heterocycles. The predicted molar refractivity (Wildman–Crippen MR) is 115 cm³/mol. The maximum Gasteiger partial charge on any atom is 0.224 e. The van der Waals surface area contributed by atoms with E-state index in [1.54, 1.807) is 29.2 Å². The predicted octanol–water partition coefficient (Wildman–Crippen LogP) is 2.02. The molecule has 0 spiro atoms. The number of carbonyl (C=O) groups excluding carboxylic acids is 2. The molecule has 1 aliphatic rings. The molecule has 2 aromatic carbocycles. The summed E-state index contributed by atoms with van der Waals surface area (Å²) in [6, 6.07) is 15.1. The lowest BCUT2D eigenvalue weighted by Gasteiger charge is -2.31. The Labute approximate surface area is 172 Å². The van der Waals surface area contributed by atoms with Gasteiger partial charge in [-0.25, -0.2) is 0 Å². The highest BCUT2D eigenvalue weighted by Crippen LogP contribution is 2.18. The quantitative estimate of drug-likeness (QED) is 0.529. The van der Waals surface area contributed by atoms with Crippen LogP contribution < -0.4 is 19.9 Å². The maximum atomic E-state index is 12.1. The van der Waals surface area contributed by atoms with Crippen molar-refractivity contribution in [3.63, 3.8) is 0 Å². The van der Waals surface area contributed by atoms with E-state index < -0.39 is 0 Å². The highest BCUT2D eigenvalue weighted by atomic mass is 16.5. The average Bonchev–Trinajstić information content (AvgIpc) is 2.73. The zero-order chi connectivity index (χ0) is 20.6. The molecule has 154 valence electrons. The standard InChI is InChI=1S/C23H29N3O3/c1-18(27)19-5-11-22(12-6-19)29-17-3-4-23(28)24-20-7-9-21(10-8-20)26-15-13-25(2)14-16-26/h5-12H,3-4,13-17H2,1-2H3,(H,24,28)/p+1. The summed E-state index contributed by atoms with van der Waals surface area (Å²) in [5.74, 6) is 0.721. The van der Waals surface area contributed by atoms with Crippen molar-refractivity contribution in [1.82, 2.24) is 0 Å². The van der Waals surface area contributed by atoms with Crippen molar-refractivity contribution in [2.24, 2.45) is 0 Å². The molecule has 6 nitrogen and oxygen atoms in total. The van der Waals surface area contributed by atoms with Crippen LogP contribution in [0, 0.1) is 0 Å². The fraction of sp³-hybridized carbons (Fsp3) is 0.391. The first-order valence-electron chi connectivity index (χ1n) is 10.2. The molecule has 29 heavy (non-hydrogen) atoms. The minimum atomic E-state index is -0.0172. The molecule has 6 heteroatoms. The van der Waals surface area contributed by atoms with E-state index >= 15 is 0 Å². The molecule has 0 unspecified atom stereocenters. The van der Waals surface area contributed by atoms with E-state index in [1.807, 2.05) is 12.1 Å². The number of rotatable bonds is 8. The van der Waals surface area contributed by atoms with E-state index in [0.717, 1.165) is 31.9 Å². The third-order valence-corrected chi connectivity index (χ3v) is 5.21. The van der Waals surface area contributed by atoms with Gasteiger partial charge in [0.1, 0.15) is 5.75 Å². The smallest absolute Gasteiger partial charge is 0.224 e. The van der Waals surface area contributed by atoms with Crippen LogP contribution in [-0.4, -0.2) is 51.5 Å². The van der Waals surface area contributed by atoms with Crippen LogP contribution in [0.4, 0.5) is 11.4 Å². The molecule has 2 aromatic rings. The molecule has 0 saturated carbocycles. The van der Waals surface area contributed by atoms with E-state index in [4.69, 9.17) is 4.74 Å². The topological polar surface area (TPSA) is 63.1 Å². The third-order valence-electron chi connectivity index (χ3n) is 5.21. The SMILES string of the molecule is CC(=O)c1ccc(OCCCC(=O)Nc2ccc(N3CC[NH+](C)CC3)cc2)cc1. The molecule has 1 saturated heterocycles. The van der Waals surface area contributed by atoms with Gasteiger partial charge in [0, 0.05) is 23.4 Å². The number of Topliss-reactive ketones (excluding diaryl/α,β-unsaturated/α-hetero) is 1. The normalized spacial score (nSPS) is 14.5. The van der Waals surface area contributed by atoms with Gasteiger partial charge in [0.2, 0.25) is 5.91 Å². The highest BCUT2D eigenvalue weighted by molar-refractivity contribution is 5.94. The van der Waals surface area contributed by atoms with Crippen LogP contribution in [0.25, 0.3) is 0 Å². The third kappa shape index (κ3) is 6.32. The maximum absolute atomic E-state index is 12.1. The van der Waals surface area contributed by atoms with Gasteiger partial charge in [0.15, 0.2) is 5.78 Å². The van der Waals surface area contributed by atoms with Gasteiger partial charge in [0.25, 0.3) is 0 Å². The van der Waals surface area contributed by atoms with E-state index in [1.165, 1.54) is 12.6 Å². The Kier molecular flexibility index (Phi) is 7.25. The van der Waals surface area contributed by atoms with E-state index in [9.17, 15) is 9.59 Å². The van der Waals surface area contributed by atoms with Crippen LogP contribution in [0.5, 0.6) is 5.75 Å². The van der Waals surface area contributed by atoms with Crippen molar-refractivity contribution in [3.8, 4) is 5.75 Å². The highest BCUT2D eigenvalue weighted by Gasteiger charge is 2.16. The Morgan fingerprint density at radius 1 is 1.03 bits per heavy atom. The van der Waals surface area contributed by atoms with Crippen molar-refractivity contribution in [3.05, 3.63) is 54.1 Å². The van der Waals surface area contributed by atoms with Crippen molar-refractivity contribution in [1.29, 1.82) is 0 Å². The number of nitrogens with one attached hydrogen (secondary N) is 2. The second-order valence-electron chi connectivity index (χ2n) is 7.57. The Morgan fingerprint density at radius 2 is 1.69 bits per heavy atom. The zero-order valence-corrected chi connectivity index (χ0v) is 17.2. The Balaban J connectivity index is 1.37. The molecule has 1 fully saturated rings. The number of nitrogens with zero attached hydrogens (tertiary/aromatic N) is 1. The van der Waals surface area contributed by atoms with Crippen molar-refractivity contribution in [2.45, 2.75) is 19.8 Å². The van der Waals surface area contributed by atoms with E-state index in [-0.39, 0.29) is 11.7 Å². The van der Waals surface area contributed by atoms with Crippen molar-refractivity contribution in [2.75, 3.05) is 50.1 Å². The van der Waals surface area contributed by atoms with Gasteiger partial charge in [-0.05, 0) is 61.9 Å². The molecule has 1 heterocycles. The summed E-state index contributed by atoms with van der Waals surface area (Å²) in [4.78, 5) is 27.4. The summed E-state index contributed by atoms with van der Waals surface area (Å²) in [7, 11) is 2.23. The number of ketones is 1. The molecule has 0 aliphatic carbocycles. The fourth-order valence-corrected chi connectivity index (χ4v) is 3.33. The van der Waals surface area contributed by atoms with Gasteiger partial charge in [-0.3, -0.25) is 9.59 Å². The Morgan fingerprint density at radius 3 is 2.31 bits per heavy atom. The van der Waals surface area contributed by atoms with Gasteiger partial charge >= 0.3 is 0 Å². The van der Waals surface area contributed by atoms with Crippen LogP contribution in [0.2, 0.25) is 0 Å². The number of carbonyl (C=O) groups is 2. The summed E-state index contributed by atoms with van der Waals surface area (Å²) in [6.07, 6.45) is 1.02. The first-order chi connectivity index (χ1) is 14.0. The summed E-state index contributed by atoms with van der Waals surface area (Å²) >= 11 is 0. The first kappa shape index (κ1) is 20.9. The first-order valence-corrected chi connectivity index (χ1v) is 10.2. The summed E-state index contributed by atoms with van der Waals surface area (Å²) in [5.41, 5.74) is 2.69. The molecule has 2 N–H and O–H groups in total. The van der Waals surface area contributed by atoms with Gasteiger partial charge in [-0.2, -0.15) is 0 Å². The zero-order valence-electron chi connectivity index (χ0n) is 17.2. The minimum Gasteiger partial charge on any atom is -0.494 e. The second kappa shape index (κ2) is 10.1. The van der Waals surface area contributed by atoms with Crippen LogP contribution >= 0.6 is 0 Å².